The summed E-state index contributed by atoms with van der Waals surface area (Å²) in [5.74, 6) is -0.690. The largest absolute Gasteiger partial charge is 0.426 e. The molecular weight excluding hydrogens is 224 g/mol. The quantitative estimate of drug-likeness (QED) is 0.751. The Morgan fingerprint density at radius 2 is 1.88 bits per heavy atom. The van der Waals surface area contributed by atoms with Gasteiger partial charge >= 0.3 is 17.1 Å². The first-order chi connectivity index (χ1) is 7.88. The van der Waals surface area contributed by atoms with Crippen LogP contribution in [0, 0.1) is 0 Å². The molecule has 1 atom stereocenters. The van der Waals surface area contributed by atoms with E-state index in [0.717, 1.165) is 4.57 Å². The fraction of sp³-hybridized carbons (Fsp3) is 0.700. The molecule has 0 saturated heterocycles. The van der Waals surface area contributed by atoms with Gasteiger partial charge in [-0.05, 0) is 27.8 Å². The fourth-order valence-corrected chi connectivity index (χ4v) is 1.29. The van der Waals surface area contributed by atoms with Crippen LogP contribution in [-0.2, 0) is 7.05 Å². The summed E-state index contributed by atoms with van der Waals surface area (Å²) in [7, 11) is 3.24. The van der Waals surface area contributed by atoms with E-state index in [4.69, 9.17) is 4.42 Å². The molecule has 7 nitrogen and oxygen atoms in total. The average molecular weight is 242 g/mol. The van der Waals surface area contributed by atoms with E-state index in [-0.39, 0.29) is 17.9 Å². The minimum atomic E-state index is -0.690. The maximum Gasteiger partial charge on any atom is 0.426 e. The standard InChI is InChI=1S/C10H18N4O3/c1-6(2)14-9(15)13(5)8(17-10(14)16)12-7(3)11-4/h6-7,11H,1-5H3/b12-8+. The Bertz CT molecular complexity index is 564. The number of aromatic nitrogens is 2. The van der Waals surface area contributed by atoms with Gasteiger partial charge in [-0.25, -0.2) is 19.1 Å². The second-order valence-corrected chi connectivity index (χ2v) is 4.05. The molecule has 0 aliphatic carbocycles. The third kappa shape index (κ3) is 2.73. The minimum absolute atomic E-state index is 0.0127. The van der Waals surface area contributed by atoms with E-state index in [0.29, 0.717) is 0 Å². The van der Waals surface area contributed by atoms with Gasteiger partial charge in [-0.2, -0.15) is 0 Å². The molecule has 7 heteroatoms. The average Bonchev–Trinajstić information content (AvgIpc) is 2.24. The predicted octanol–water partition coefficient (Wildman–Crippen LogP) is -0.813. The van der Waals surface area contributed by atoms with Crippen molar-refractivity contribution in [1.82, 2.24) is 14.5 Å². The molecule has 1 unspecified atom stereocenters. The van der Waals surface area contributed by atoms with Crippen LogP contribution in [0.5, 0.6) is 0 Å². The van der Waals surface area contributed by atoms with Crippen LogP contribution in [0.25, 0.3) is 0 Å². The van der Waals surface area contributed by atoms with E-state index < -0.39 is 11.4 Å². The van der Waals surface area contributed by atoms with Crippen molar-refractivity contribution in [3.63, 3.8) is 0 Å². The number of hydrogen-bond acceptors (Lipinski definition) is 5. The maximum absolute atomic E-state index is 11.9. The zero-order chi connectivity index (χ0) is 13.2. The summed E-state index contributed by atoms with van der Waals surface area (Å²) >= 11 is 0. The van der Waals surface area contributed by atoms with Crippen LogP contribution in [0.2, 0.25) is 0 Å². The maximum atomic E-state index is 11.9. The Balaban J connectivity index is 3.57. The van der Waals surface area contributed by atoms with Gasteiger partial charge in [-0.3, -0.25) is 9.88 Å². The highest BCUT2D eigenvalue weighted by atomic mass is 16.4. The van der Waals surface area contributed by atoms with E-state index >= 15 is 0 Å². The van der Waals surface area contributed by atoms with E-state index in [2.05, 4.69) is 10.3 Å². The molecule has 0 fully saturated rings. The van der Waals surface area contributed by atoms with Crippen LogP contribution >= 0.6 is 0 Å². The smallest absolute Gasteiger partial charge is 0.375 e. The van der Waals surface area contributed by atoms with E-state index in [1.54, 1.807) is 27.8 Å². The van der Waals surface area contributed by atoms with Gasteiger partial charge in [0.1, 0.15) is 6.17 Å². The van der Waals surface area contributed by atoms with Crippen molar-refractivity contribution in [2.45, 2.75) is 33.0 Å². The molecule has 96 valence electrons. The van der Waals surface area contributed by atoms with Crippen LogP contribution < -0.4 is 22.4 Å². The summed E-state index contributed by atoms with van der Waals surface area (Å²) in [5.41, 5.74) is -0.419. The van der Waals surface area contributed by atoms with E-state index in [1.165, 1.54) is 11.6 Å². The molecule has 1 aromatic rings. The van der Waals surface area contributed by atoms with Gasteiger partial charge in [0, 0.05) is 13.1 Å². The lowest BCUT2D eigenvalue weighted by Gasteiger charge is -2.09. The molecular formula is C10H18N4O3. The van der Waals surface area contributed by atoms with Gasteiger partial charge in [-0.15, -0.1) is 0 Å². The van der Waals surface area contributed by atoms with Gasteiger partial charge in [0.15, 0.2) is 0 Å². The Kier molecular flexibility index (Phi) is 4.06. The highest BCUT2D eigenvalue weighted by Crippen LogP contribution is 1.92. The molecule has 0 spiro atoms. The first-order valence-corrected chi connectivity index (χ1v) is 5.42. The van der Waals surface area contributed by atoms with Gasteiger partial charge in [0.05, 0.1) is 0 Å². The van der Waals surface area contributed by atoms with Crippen LogP contribution in [-0.4, -0.2) is 22.3 Å². The Morgan fingerprint density at radius 3 is 2.35 bits per heavy atom. The monoisotopic (exact) mass is 242 g/mol. The van der Waals surface area contributed by atoms with E-state index in [9.17, 15) is 9.59 Å². The SMILES string of the molecule is CNC(C)/N=c1/oc(=O)n(C(C)C)c(=O)n1C. The highest BCUT2D eigenvalue weighted by Gasteiger charge is 2.11. The summed E-state index contributed by atoms with van der Waals surface area (Å²) in [4.78, 5) is 27.6. The lowest BCUT2D eigenvalue weighted by atomic mass is 10.4. The van der Waals surface area contributed by atoms with Crippen LogP contribution in [0.4, 0.5) is 0 Å². The first-order valence-electron chi connectivity index (χ1n) is 5.42. The highest BCUT2D eigenvalue weighted by molar-refractivity contribution is 4.71. The first kappa shape index (κ1) is 13.4. The second-order valence-electron chi connectivity index (χ2n) is 4.05. The molecule has 1 N–H and O–H groups in total. The fourth-order valence-electron chi connectivity index (χ4n) is 1.29. The molecule has 1 rings (SSSR count). The lowest BCUT2D eigenvalue weighted by molar-refractivity contribution is 0.303. The molecule has 1 aromatic heterocycles. The Labute approximate surface area is 98.4 Å². The van der Waals surface area contributed by atoms with Crippen molar-refractivity contribution >= 4 is 0 Å². The third-order valence-electron chi connectivity index (χ3n) is 2.39. The molecule has 0 amide bonds. The summed E-state index contributed by atoms with van der Waals surface area (Å²) in [6.07, 6.45) is -0.237. The zero-order valence-electron chi connectivity index (χ0n) is 10.7. The molecule has 0 radical (unpaired) electrons. The van der Waals surface area contributed by atoms with Crippen LogP contribution in [0.3, 0.4) is 0 Å². The third-order valence-corrected chi connectivity index (χ3v) is 2.39. The summed E-state index contributed by atoms with van der Waals surface area (Å²) < 4.78 is 7.28. The zero-order valence-corrected chi connectivity index (χ0v) is 10.7. The van der Waals surface area contributed by atoms with Gasteiger partial charge < -0.3 is 4.42 Å². The number of nitrogens with zero attached hydrogens (tertiary/aromatic N) is 3. The molecule has 0 aromatic carbocycles. The second kappa shape index (κ2) is 5.13. The van der Waals surface area contributed by atoms with Crippen LogP contribution in [0.15, 0.2) is 19.0 Å². The summed E-state index contributed by atoms with van der Waals surface area (Å²) in [5, 5.41) is 2.87. The van der Waals surface area contributed by atoms with Crippen molar-refractivity contribution < 1.29 is 4.42 Å². The lowest BCUT2D eigenvalue weighted by Crippen LogP contribution is -2.47. The number of rotatable bonds is 3. The Hall–Kier alpha value is -1.63. The molecule has 0 saturated carbocycles. The van der Waals surface area contributed by atoms with Gasteiger partial charge in [0.2, 0.25) is 0 Å². The summed E-state index contributed by atoms with van der Waals surface area (Å²) in [6, 6.07) is -0.249. The van der Waals surface area contributed by atoms with Gasteiger partial charge in [-0.1, -0.05) is 0 Å². The molecule has 1 heterocycles. The number of nitrogens with one attached hydrogen (secondary N) is 1. The van der Waals surface area contributed by atoms with Gasteiger partial charge in [0.25, 0.3) is 0 Å². The molecule has 17 heavy (non-hydrogen) atoms. The van der Waals surface area contributed by atoms with Crippen LogP contribution in [0.1, 0.15) is 26.8 Å². The predicted molar refractivity (Wildman–Crippen MR) is 62.7 cm³/mol. The van der Waals surface area contributed by atoms with Crippen molar-refractivity contribution in [3.8, 4) is 0 Å². The minimum Gasteiger partial charge on any atom is -0.375 e. The van der Waals surface area contributed by atoms with E-state index in [1.807, 2.05) is 0 Å². The van der Waals surface area contributed by atoms with Crippen molar-refractivity contribution in [1.29, 1.82) is 0 Å². The Morgan fingerprint density at radius 1 is 1.29 bits per heavy atom. The topological polar surface area (TPSA) is 81.5 Å². The van der Waals surface area contributed by atoms with Crippen molar-refractivity contribution in [2.24, 2.45) is 12.0 Å². The van der Waals surface area contributed by atoms with Crippen molar-refractivity contribution in [3.05, 3.63) is 26.7 Å². The normalized spacial score (nSPS) is 14.4. The van der Waals surface area contributed by atoms with Crippen molar-refractivity contribution in [2.75, 3.05) is 7.05 Å². The molecule has 0 aliphatic heterocycles. The number of hydrogen-bond donors (Lipinski definition) is 1. The summed E-state index contributed by atoms with van der Waals surface area (Å²) in [6.45, 7) is 5.27. The molecule has 0 bridgehead atoms. The molecule has 0 aliphatic rings.